The van der Waals surface area contributed by atoms with Gasteiger partial charge in [-0.25, -0.2) is 19.6 Å². The molecule has 1 N–H and O–H groups in total. The molecule has 3 atom stereocenters. The minimum Gasteiger partial charge on any atom is -0.507 e. The van der Waals surface area contributed by atoms with Gasteiger partial charge in [0.15, 0.2) is 0 Å². The molecular formula is C39H44N6O8S. The molecule has 3 aliphatic heterocycles. The van der Waals surface area contributed by atoms with E-state index in [1.54, 1.807) is 12.4 Å². The number of urea groups is 1. The lowest BCUT2D eigenvalue weighted by Crippen LogP contribution is -2.70. The van der Waals surface area contributed by atoms with E-state index in [0.29, 0.717) is 11.1 Å². The van der Waals surface area contributed by atoms with Gasteiger partial charge in [-0.1, -0.05) is 83.6 Å². The van der Waals surface area contributed by atoms with Crippen LogP contribution in [0.3, 0.4) is 0 Å². The Morgan fingerprint density at radius 3 is 2.19 bits per heavy atom. The number of aromatic hydroxyl groups is 1. The van der Waals surface area contributed by atoms with Gasteiger partial charge in [0, 0.05) is 43.1 Å². The first-order valence-corrected chi connectivity index (χ1v) is 18.4. The van der Waals surface area contributed by atoms with E-state index in [1.807, 2.05) is 84.0 Å². The maximum atomic E-state index is 14.3. The molecule has 0 unspecified atom stereocenters. The number of methoxy groups -OCH3 is 1. The summed E-state index contributed by atoms with van der Waals surface area (Å²) in [5.41, 5.74) is 0.767. The number of phenolic OH excluding ortho intramolecular Hbond substituents is 1. The van der Waals surface area contributed by atoms with Crippen LogP contribution in [0, 0.1) is 10.1 Å². The van der Waals surface area contributed by atoms with Gasteiger partial charge in [-0.05, 0) is 51.8 Å². The highest BCUT2D eigenvalue weighted by Gasteiger charge is 2.73. The van der Waals surface area contributed by atoms with E-state index in [9.17, 15) is 29.6 Å². The van der Waals surface area contributed by atoms with Crippen LogP contribution in [0.4, 0.5) is 10.5 Å². The summed E-state index contributed by atoms with van der Waals surface area (Å²) in [4.78, 5) is 58.8. The third-order valence-electron chi connectivity index (χ3n) is 9.75. The van der Waals surface area contributed by atoms with Gasteiger partial charge < -0.3 is 19.5 Å². The molecule has 0 bridgehead atoms. The number of aliphatic imine (C=N–C) groups is 1. The summed E-state index contributed by atoms with van der Waals surface area (Å²) in [6.45, 7) is 11.9. The molecule has 0 aromatic heterocycles. The van der Waals surface area contributed by atoms with Crippen molar-refractivity contribution < 1.29 is 33.9 Å². The van der Waals surface area contributed by atoms with Crippen molar-refractivity contribution in [1.29, 1.82) is 0 Å². The standard InChI is InChI=1S/C39H44N6O8S/c1-36(2,3)29-19-27(20-30(31(29)46)37(4,5)6)21-40-39(52-7)32(47)42-24-38(54-33(39)42,34(48)53-23-26-13-15-28(16-14-26)45(50)51)43-17-18-44(35(43)49)41-22-25-11-9-8-10-12-25/h8-16,19-22,33,46H,17-18,23-24H2,1-7H3/t33-,38-,39-/m1/s1. The fraction of sp³-hybridized carbons (Fsp3) is 0.410. The van der Waals surface area contributed by atoms with Crippen LogP contribution in [-0.2, 0) is 36.5 Å². The van der Waals surface area contributed by atoms with Crippen molar-refractivity contribution in [2.45, 2.75) is 74.9 Å². The maximum absolute atomic E-state index is 14.3. The van der Waals surface area contributed by atoms with E-state index < -0.39 is 49.6 Å². The molecular weight excluding hydrogens is 713 g/mol. The normalized spacial score (nSPS) is 23.0. The summed E-state index contributed by atoms with van der Waals surface area (Å²) >= 11 is 1.05. The van der Waals surface area contributed by atoms with Crippen LogP contribution < -0.4 is 0 Å². The largest absolute Gasteiger partial charge is 0.507 e. The number of hydrogen-bond donors (Lipinski definition) is 1. The zero-order valence-electron chi connectivity index (χ0n) is 31.3. The number of rotatable bonds is 10. The number of benzene rings is 3. The number of nitrogens with zero attached hydrogens (tertiary/aromatic N) is 6. The van der Waals surface area contributed by atoms with E-state index in [4.69, 9.17) is 14.5 Å². The zero-order chi connectivity index (χ0) is 39.2. The second-order valence-corrected chi connectivity index (χ2v) is 16.9. The first-order chi connectivity index (χ1) is 25.4. The van der Waals surface area contributed by atoms with Crippen molar-refractivity contribution in [2.24, 2.45) is 10.1 Å². The quantitative estimate of drug-likeness (QED) is 0.0887. The third kappa shape index (κ3) is 6.93. The second-order valence-electron chi connectivity index (χ2n) is 15.5. The number of esters is 1. The Bertz CT molecular complexity index is 1990. The van der Waals surface area contributed by atoms with Gasteiger partial charge in [-0.3, -0.25) is 19.8 Å². The Morgan fingerprint density at radius 1 is 0.981 bits per heavy atom. The highest BCUT2D eigenvalue weighted by atomic mass is 32.2. The Kier molecular flexibility index (Phi) is 10.1. The lowest BCUT2D eigenvalue weighted by atomic mass is 9.78. The van der Waals surface area contributed by atoms with Gasteiger partial charge >= 0.3 is 12.0 Å². The monoisotopic (exact) mass is 756 g/mol. The summed E-state index contributed by atoms with van der Waals surface area (Å²) in [5, 5.41) is 27.2. The molecule has 0 aliphatic carbocycles. The predicted molar refractivity (Wildman–Crippen MR) is 204 cm³/mol. The number of amides is 3. The molecule has 54 heavy (non-hydrogen) atoms. The van der Waals surface area contributed by atoms with Crippen LogP contribution in [0.1, 0.15) is 69.4 Å². The van der Waals surface area contributed by atoms with E-state index in [2.05, 4.69) is 5.10 Å². The van der Waals surface area contributed by atoms with Crippen molar-refractivity contribution in [3.8, 4) is 5.75 Å². The molecule has 0 radical (unpaired) electrons. The van der Waals surface area contributed by atoms with Crippen LogP contribution in [0.15, 0.2) is 76.8 Å². The average molecular weight is 757 g/mol. The molecule has 3 fully saturated rings. The number of fused-ring (bicyclic) bond motifs is 1. The molecule has 3 saturated heterocycles. The van der Waals surface area contributed by atoms with Crippen molar-refractivity contribution in [2.75, 3.05) is 26.7 Å². The first kappa shape index (κ1) is 38.4. The minimum atomic E-state index is -1.72. The predicted octanol–water partition coefficient (Wildman–Crippen LogP) is 5.78. The lowest BCUT2D eigenvalue weighted by Gasteiger charge is -2.47. The van der Waals surface area contributed by atoms with Crippen molar-refractivity contribution in [1.82, 2.24) is 14.8 Å². The Morgan fingerprint density at radius 2 is 1.61 bits per heavy atom. The number of hydrazone groups is 1. The molecule has 15 heteroatoms. The topological polar surface area (TPSA) is 167 Å². The van der Waals surface area contributed by atoms with Crippen molar-refractivity contribution in [3.63, 3.8) is 0 Å². The smallest absolute Gasteiger partial charge is 0.345 e. The van der Waals surface area contributed by atoms with Crippen LogP contribution in [-0.4, -0.2) is 97.9 Å². The van der Waals surface area contributed by atoms with Gasteiger partial charge in [-0.15, -0.1) is 0 Å². The Balaban J connectivity index is 1.32. The number of β-lactam (4-membered cyclic amide) rings is 1. The average Bonchev–Trinajstić information content (AvgIpc) is 3.69. The summed E-state index contributed by atoms with van der Waals surface area (Å²) in [7, 11) is 1.37. The molecule has 3 heterocycles. The molecule has 6 rings (SSSR count). The van der Waals surface area contributed by atoms with Crippen LogP contribution in [0.2, 0.25) is 0 Å². The van der Waals surface area contributed by atoms with E-state index >= 15 is 0 Å². The van der Waals surface area contributed by atoms with Gasteiger partial charge in [0.1, 0.15) is 17.7 Å². The molecule has 3 amide bonds. The fourth-order valence-corrected chi connectivity index (χ4v) is 8.46. The fourth-order valence-electron chi connectivity index (χ4n) is 6.71. The van der Waals surface area contributed by atoms with Gasteiger partial charge in [0.2, 0.25) is 4.87 Å². The van der Waals surface area contributed by atoms with Crippen LogP contribution in [0.5, 0.6) is 5.75 Å². The Labute approximate surface area is 318 Å². The van der Waals surface area contributed by atoms with E-state index in [0.717, 1.165) is 28.5 Å². The SMILES string of the molecule is CO[C@]1(N=Cc2cc(C(C)(C)C)c(O)c(C(C)(C)C)c2)C(=O)N2C[C@@](C(=O)OCc3ccc([N+](=O)[O-])cc3)(N3CCN(N=Cc4ccccc4)C3=O)S[C@@H]21. The number of nitro benzene ring substituents is 1. The third-order valence-corrected chi connectivity index (χ3v) is 11.4. The van der Waals surface area contributed by atoms with Crippen molar-refractivity contribution in [3.05, 3.63) is 105 Å². The van der Waals surface area contributed by atoms with Crippen LogP contribution >= 0.6 is 11.8 Å². The first-order valence-electron chi connectivity index (χ1n) is 17.5. The number of non-ortho nitro benzene ring substituents is 1. The summed E-state index contributed by atoms with van der Waals surface area (Å²) < 4.78 is 11.7. The van der Waals surface area contributed by atoms with E-state index in [-0.39, 0.29) is 37.7 Å². The highest BCUT2D eigenvalue weighted by molar-refractivity contribution is 8.02. The summed E-state index contributed by atoms with van der Waals surface area (Å²) in [5.74, 6) is -1.05. The molecule has 14 nitrogen and oxygen atoms in total. The number of phenols is 1. The summed E-state index contributed by atoms with van der Waals surface area (Å²) in [6.07, 6.45) is 3.11. The highest BCUT2D eigenvalue weighted by Crippen LogP contribution is 2.55. The molecule has 3 aromatic carbocycles. The van der Waals surface area contributed by atoms with Gasteiger partial charge in [0.05, 0.1) is 24.2 Å². The van der Waals surface area contributed by atoms with E-state index in [1.165, 1.54) is 46.2 Å². The number of carbonyl (C=O) groups excluding carboxylic acids is 3. The molecule has 0 spiro atoms. The number of carbonyl (C=O) groups is 3. The lowest BCUT2D eigenvalue weighted by molar-refractivity contribution is -0.384. The van der Waals surface area contributed by atoms with Gasteiger partial charge in [0.25, 0.3) is 17.3 Å². The number of nitro groups is 1. The Hall–Kier alpha value is -5.28. The molecule has 0 saturated carbocycles. The second kappa shape index (κ2) is 14.2. The number of thioether (sulfide) groups is 1. The van der Waals surface area contributed by atoms with Crippen molar-refractivity contribution >= 4 is 47.8 Å². The molecule has 284 valence electrons. The number of hydrogen-bond acceptors (Lipinski definition) is 11. The minimum absolute atomic E-state index is 0.109. The van der Waals surface area contributed by atoms with Crippen LogP contribution in [0.25, 0.3) is 0 Å². The molecule has 3 aromatic rings. The zero-order valence-corrected chi connectivity index (χ0v) is 32.1. The maximum Gasteiger partial charge on any atom is 0.345 e. The molecule has 3 aliphatic rings. The number of ether oxygens (including phenoxy) is 2. The van der Waals surface area contributed by atoms with Gasteiger partial charge in [-0.2, -0.15) is 5.10 Å². The summed E-state index contributed by atoms with van der Waals surface area (Å²) in [6, 6.07) is 18.0.